The van der Waals surface area contributed by atoms with Gasteiger partial charge in [-0.15, -0.1) is 0 Å². The first kappa shape index (κ1) is 20.3. The molecule has 150 valence electrons. The summed E-state index contributed by atoms with van der Waals surface area (Å²) in [5, 5.41) is 9.41. The number of benzene rings is 1. The largest absolute Gasteiger partial charge is 0.481 e. The maximum atomic E-state index is 13.7. The molecule has 0 spiro atoms. The number of rotatable bonds is 5. The number of carboxylic acid groups (broad SMARTS) is 1. The summed E-state index contributed by atoms with van der Waals surface area (Å²) in [5.74, 6) is -1.51. The molecule has 0 saturated carbocycles. The van der Waals surface area contributed by atoms with Crippen molar-refractivity contribution in [3.63, 3.8) is 0 Å². The van der Waals surface area contributed by atoms with Crippen molar-refractivity contribution in [1.29, 1.82) is 0 Å². The number of aromatic nitrogens is 1. The lowest BCUT2D eigenvalue weighted by molar-refractivity contribution is -0.144. The fourth-order valence-corrected chi connectivity index (χ4v) is 3.79. The average Bonchev–Trinajstić information content (AvgIpc) is 2.68. The number of halogens is 3. The van der Waals surface area contributed by atoms with Gasteiger partial charge in [0, 0.05) is 12.7 Å². The molecule has 2 heterocycles. The maximum absolute atomic E-state index is 13.7. The van der Waals surface area contributed by atoms with Crippen LogP contribution in [0.3, 0.4) is 0 Å². The summed E-state index contributed by atoms with van der Waals surface area (Å²) in [4.78, 5) is 17.7. The standard InChI is InChI=1S/C21H23F3N2O2/c1-2-14-9-10-18(25-12-14)19(26-11-5-6-15(13-26)20(27)28)16-7-3-4-8-17(16)21(22,23)24/h3-4,7-10,12,15,19H,2,5-6,11,13H2,1H3,(H,27,28). The Kier molecular flexibility index (Phi) is 6.03. The molecule has 1 aliphatic heterocycles. The van der Waals surface area contributed by atoms with E-state index in [0.717, 1.165) is 18.1 Å². The first-order chi connectivity index (χ1) is 13.3. The molecule has 4 nitrogen and oxygen atoms in total. The van der Waals surface area contributed by atoms with Gasteiger partial charge in [0.25, 0.3) is 0 Å². The molecule has 2 aromatic rings. The lowest BCUT2D eigenvalue weighted by atomic mass is 9.91. The molecule has 1 aliphatic rings. The van der Waals surface area contributed by atoms with E-state index < -0.39 is 29.7 Å². The van der Waals surface area contributed by atoms with Crippen LogP contribution in [0.1, 0.15) is 48.2 Å². The van der Waals surface area contributed by atoms with Crippen LogP contribution in [0.15, 0.2) is 42.6 Å². The number of piperidine rings is 1. The van der Waals surface area contributed by atoms with Gasteiger partial charge in [0.2, 0.25) is 0 Å². The molecule has 2 atom stereocenters. The van der Waals surface area contributed by atoms with Crippen molar-refractivity contribution in [1.82, 2.24) is 9.88 Å². The van der Waals surface area contributed by atoms with E-state index in [1.807, 2.05) is 17.9 Å². The monoisotopic (exact) mass is 392 g/mol. The van der Waals surface area contributed by atoms with Crippen LogP contribution in [0.5, 0.6) is 0 Å². The maximum Gasteiger partial charge on any atom is 0.416 e. The summed E-state index contributed by atoms with van der Waals surface area (Å²) in [6.07, 6.45) is -0.893. The van der Waals surface area contributed by atoms with Crippen LogP contribution in [0, 0.1) is 5.92 Å². The number of aliphatic carboxylic acids is 1. The topological polar surface area (TPSA) is 53.4 Å². The highest BCUT2D eigenvalue weighted by atomic mass is 19.4. The number of nitrogens with zero attached hydrogens (tertiary/aromatic N) is 2. The van der Waals surface area contributed by atoms with Gasteiger partial charge >= 0.3 is 12.1 Å². The molecular weight excluding hydrogens is 369 g/mol. The zero-order chi connectivity index (χ0) is 20.3. The van der Waals surface area contributed by atoms with E-state index in [-0.39, 0.29) is 12.1 Å². The first-order valence-corrected chi connectivity index (χ1v) is 9.39. The fraction of sp³-hybridized carbons (Fsp3) is 0.429. The van der Waals surface area contributed by atoms with Gasteiger partial charge < -0.3 is 5.11 Å². The van der Waals surface area contributed by atoms with Gasteiger partial charge in [-0.1, -0.05) is 31.2 Å². The van der Waals surface area contributed by atoms with Crippen molar-refractivity contribution >= 4 is 5.97 Å². The normalized spacial score (nSPS) is 19.4. The Morgan fingerprint density at radius 3 is 2.64 bits per heavy atom. The van der Waals surface area contributed by atoms with Gasteiger partial charge in [0.1, 0.15) is 0 Å². The number of hydrogen-bond acceptors (Lipinski definition) is 3. The van der Waals surface area contributed by atoms with E-state index in [1.165, 1.54) is 12.1 Å². The van der Waals surface area contributed by atoms with Crippen molar-refractivity contribution in [3.8, 4) is 0 Å². The highest BCUT2D eigenvalue weighted by Gasteiger charge is 2.39. The second-order valence-electron chi connectivity index (χ2n) is 7.10. The average molecular weight is 392 g/mol. The molecule has 7 heteroatoms. The Morgan fingerprint density at radius 2 is 2.04 bits per heavy atom. The fourth-order valence-electron chi connectivity index (χ4n) is 3.79. The Hall–Kier alpha value is -2.41. The van der Waals surface area contributed by atoms with Crippen LogP contribution in [-0.2, 0) is 17.4 Å². The summed E-state index contributed by atoms with van der Waals surface area (Å²) in [7, 11) is 0. The van der Waals surface area contributed by atoms with Crippen molar-refractivity contribution in [2.24, 2.45) is 5.92 Å². The molecule has 1 aromatic carbocycles. The highest BCUT2D eigenvalue weighted by molar-refractivity contribution is 5.70. The molecule has 0 radical (unpaired) electrons. The summed E-state index contributed by atoms with van der Waals surface area (Å²) < 4.78 is 41.0. The van der Waals surface area contributed by atoms with Crippen LogP contribution >= 0.6 is 0 Å². The molecule has 3 rings (SSSR count). The van der Waals surface area contributed by atoms with E-state index >= 15 is 0 Å². The van der Waals surface area contributed by atoms with Gasteiger partial charge in [-0.2, -0.15) is 13.2 Å². The van der Waals surface area contributed by atoms with E-state index in [9.17, 15) is 23.1 Å². The number of likely N-dealkylation sites (tertiary alicyclic amines) is 1. The number of carbonyl (C=O) groups is 1. The zero-order valence-electron chi connectivity index (χ0n) is 15.6. The third-order valence-electron chi connectivity index (χ3n) is 5.26. The van der Waals surface area contributed by atoms with E-state index in [2.05, 4.69) is 4.98 Å². The SMILES string of the molecule is CCc1ccc(C(c2ccccc2C(F)(F)F)N2CCCC(C(=O)O)C2)nc1. The van der Waals surface area contributed by atoms with E-state index in [1.54, 1.807) is 18.3 Å². The van der Waals surface area contributed by atoms with Crippen LogP contribution in [0.25, 0.3) is 0 Å². The summed E-state index contributed by atoms with van der Waals surface area (Å²) in [5.41, 5.74) is 0.894. The smallest absolute Gasteiger partial charge is 0.416 e. The molecule has 1 aromatic heterocycles. The lowest BCUT2D eigenvalue weighted by Crippen LogP contribution is -2.42. The zero-order valence-corrected chi connectivity index (χ0v) is 15.6. The van der Waals surface area contributed by atoms with E-state index in [0.29, 0.717) is 25.1 Å². The summed E-state index contributed by atoms with van der Waals surface area (Å²) >= 11 is 0. The summed E-state index contributed by atoms with van der Waals surface area (Å²) in [6, 6.07) is 8.36. The minimum atomic E-state index is -4.50. The number of carboxylic acids is 1. The van der Waals surface area contributed by atoms with Gasteiger partial charge in [0.15, 0.2) is 0 Å². The molecule has 0 aliphatic carbocycles. The summed E-state index contributed by atoms with van der Waals surface area (Å²) in [6.45, 7) is 2.70. The molecule has 0 amide bonds. The Balaban J connectivity index is 2.08. The number of hydrogen-bond donors (Lipinski definition) is 1. The van der Waals surface area contributed by atoms with Crippen molar-refractivity contribution in [3.05, 3.63) is 65.0 Å². The predicted octanol–water partition coefficient (Wildman–Crippen LogP) is 4.55. The highest BCUT2D eigenvalue weighted by Crippen LogP contribution is 2.39. The second kappa shape index (κ2) is 8.31. The van der Waals surface area contributed by atoms with Gasteiger partial charge in [-0.05, 0) is 49.1 Å². The second-order valence-corrected chi connectivity index (χ2v) is 7.10. The Bertz CT molecular complexity index is 821. The molecular formula is C21H23F3N2O2. The van der Waals surface area contributed by atoms with Gasteiger partial charge in [-0.25, -0.2) is 0 Å². The molecule has 1 fully saturated rings. The molecule has 1 saturated heterocycles. The third kappa shape index (κ3) is 4.35. The Morgan fingerprint density at radius 1 is 1.29 bits per heavy atom. The van der Waals surface area contributed by atoms with Crippen molar-refractivity contribution < 1.29 is 23.1 Å². The number of alkyl halides is 3. The van der Waals surface area contributed by atoms with Crippen LogP contribution in [-0.4, -0.2) is 34.0 Å². The molecule has 2 unspecified atom stereocenters. The molecule has 0 bridgehead atoms. The third-order valence-corrected chi connectivity index (χ3v) is 5.26. The quantitative estimate of drug-likeness (QED) is 0.811. The van der Waals surface area contributed by atoms with Gasteiger partial charge in [0.05, 0.1) is 23.2 Å². The van der Waals surface area contributed by atoms with Crippen molar-refractivity contribution in [2.45, 2.75) is 38.4 Å². The molecule has 28 heavy (non-hydrogen) atoms. The minimum Gasteiger partial charge on any atom is -0.481 e. The van der Waals surface area contributed by atoms with Crippen LogP contribution in [0.4, 0.5) is 13.2 Å². The van der Waals surface area contributed by atoms with Crippen LogP contribution in [0.2, 0.25) is 0 Å². The van der Waals surface area contributed by atoms with Crippen LogP contribution < -0.4 is 0 Å². The lowest BCUT2D eigenvalue weighted by Gasteiger charge is -2.38. The van der Waals surface area contributed by atoms with Gasteiger partial charge in [-0.3, -0.25) is 14.7 Å². The van der Waals surface area contributed by atoms with Crippen molar-refractivity contribution in [2.75, 3.05) is 13.1 Å². The van der Waals surface area contributed by atoms with E-state index in [4.69, 9.17) is 0 Å². The minimum absolute atomic E-state index is 0.109. The number of aryl methyl sites for hydroxylation is 1. The Labute approximate surface area is 162 Å². The first-order valence-electron chi connectivity index (χ1n) is 9.39. The molecule has 1 N–H and O–H groups in total. The predicted molar refractivity (Wildman–Crippen MR) is 98.8 cm³/mol. The number of pyridine rings is 1.